The van der Waals surface area contributed by atoms with E-state index in [4.69, 9.17) is 6.42 Å². The van der Waals surface area contributed by atoms with Crippen molar-refractivity contribution in [1.29, 1.82) is 0 Å². The van der Waals surface area contributed by atoms with E-state index >= 15 is 0 Å². The van der Waals surface area contributed by atoms with Crippen molar-refractivity contribution in [3.8, 4) is 12.3 Å². The quantitative estimate of drug-likeness (QED) is 0.405. The number of benzene rings is 3. The third-order valence-corrected chi connectivity index (χ3v) is 3.03. The van der Waals surface area contributed by atoms with Gasteiger partial charge in [-0.3, -0.25) is 0 Å². The van der Waals surface area contributed by atoms with E-state index in [0.717, 1.165) is 10.8 Å². The zero-order valence-corrected chi connectivity index (χ0v) is 9.37. The maximum absolute atomic E-state index is 13.4. The second-order valence-corrected chi connectivity index (χ2v) is 4.12. The first kappa shape index (κ1) is 10.7. The van der Waals surface area contributed by atoms with Crippen LogP contribution in [-0.2, 0) is 0 Å². The average molecular weight is 238 g/mol. The molecule has 0 spiro atoms. The Morgan fingerprint density at radius 1 is 0.778 bits per heavy atom. The van der Waals surface area contributed by atoms with Crippen molar-refractivity contribution in [2.45, 2.75) is 0 Å². The first-order valence-corrected chi connectivity index (χ1v) is 5.47. The third kappa shape index (κ3) is 1.53. The van der Waals surface area contributed by atoms with Gasteiger partial charge in [0.05, 0.1) is 0 Å². The summed E-state index contributed by atoms with van der Waals surface area (Å²) in [6.07, 6.45) is 5.46. The lowest BCUT2D eigenvalue weighted by Gasteiger charge is -2.07. The molecule has 2 heteroatoms. The Morgan fingerprint density at radius 3 is 2.17 bits per heavy atom. The van der Waals surface area contributed by atoms with Gasteiger partial charge in [0, 0.05) is 5.56 Å². The van der Waals surface area contributed by atoms with Crippen LogP contribution in [0.5, 0.6) is 0 Å². The lowest BCUT2D eigenvalue weighted by molar-refractivity contribution is 0.628. The van der Waals surface area contributed by atoms with E-state index in [1.165, 1.54) is 24.3 Å². The molecule has 3 rings (SSSR count). The summed E-state index contributed by atoms with van der Waals surface area (Å²) in [6.45, 7) is 0. The molecule has 3 aromatic carbocycles. The predicted molar refractivity (Wildman–Crippen MR) is 69.3 cm³/mol. The van der Waals surface area contributed by atoms with Gasteiger partial charge in [-0.25, -0.2) is 8.78 Å². The number of terminal acetylenes is 1. The highest BCUT2D eigenvalue weighted by Crippen LogP contribution is 2.29. The summed E-state index contributed by atoms with van der Waals surface area (Å²) in [4.78, 5) is 0. The van der Waals surface area contributed by atoms with Gasteiger partial charge in [0.2, 0.25) is 0 Å². The lowest BCUT2D eigenvalue weighted by atomic mass is 9.97. The van der Waals surface area contributed by atoms with E-state index in [0.29, 0.717) is 16.3 Å². The van der Waals surface area contributed by atoms with Gasteiger partial charge in [0.15, 0.2) is 0 Å². The Morgan fingerprint density at radius 2 is 1.44 bits per heavy atom. The fourth-order valence-electron chi connectivity index (χ4n) is 2.21. The van der Waals surface area contributed by atoms with E-state index in [1.807, 2.05) is 6.07 Å². The molecule has 86 valence electrons. The van der Waals surface area contributed by atoms with Crippen molar-refractivity contribution in [1.82, 2.24) is 0 Å². The summed E-state index contributed by atoms with van der Waals surface area (Å²) in [5.74, 6) is 1.88. The molecule has 0 aliphatic carbocycles. The molecule has 0 nitrogen and oxygen atoms in total. The highest BCUT2D eigenvalue weighted by Gasteiger charge is 2.07. The highest BCUT2D eigenvalue weighted by atomic mass is 19.1. The van der Waals surface area contributed by atoms with Crippen LogP contribution in [0.2, 0.25) is 0 Å². The van der Waals surface area contributed by atoms with Crippen molar-refractivity contribution < 1.29 is 8.78 Å². The lowest BCUT2D eigenvalue weighted by Crippen LogP contribution is -1.86. The van der Waals surface area contributed by atoms with Gasteiger partial charge in [-0.15, -0.1) is 6.42 Å². The minimum Gasteiger partial charge on any atom is -0.207 e. The van der Waals surface area contributed by atoms with Crippen LogP contribution in [-0.4, -0.2) is 0 Å². The summed E-state index contributed by atoms with van der Waals surface area (Å²) in [6, 6.07) is 10.6. The molecular formula is C16H8F2. The molecule has 0 bridgehead atoms. The second kappa shape index (κ2) is 3.82. The van der Waals surface area contributed by atoms with Gasteiger partial charge in [-0.2, -0.15) is 0 Å². The molecular weight excluding hydrogens is 230 g/mol. The fourth-order valence-corrected chi connectivity index (χ4v) is 2.21. The van der Waals surface area contributed by atoms with Crippen LogP contribution in [0.4, 0.5) is 8.78 Å². The second-order valence-electron chi connectivity index (χ2n) is 4.12. The molecule has 18 heavy (non-hydrogen) atoms. The van der Waals surface area contributed by atoms with E-state index in [-0.39, 0.29) is 11.6 Å². The molecule has 0 unspecified atom stereocenters. The predicted octanol–water partition coefficient (Wildman–Crippen LogP) is 4.25. The maximum Gasteiger partial charge on any atom is 0.123 e. The van der Waals surface area contributed by atoms with E-state index in [1.54, 1.807) is 12.1 Å². The number of halogens is 2. The van der Waals surface area contributed by atoms with Crippen molar-refractivity contribution >= 4 is 21.5 Å². The zero-order valence-electron chi connectivity index (χ0n) is 9.37. The largest absolute Gasteiger partial charge is 0.207 e. The molecule has 0 radical (unpaired) electrons. The molecule has 0 saturated heterocycles. The van der Waals surface area contributed by atoms with Crippen LogP contribution < -0.4 is 0 Å². The third-order valence-electron chi connectivity index (χ3n) is 3.03. The normalized spacial score (nSPS) is 10.7. The van der Waals surface area contributed by atoms with Gasteiger partial charge < -0.3 is 0 Å². The van der Waals surface area contributed by atoms with Gasteiger partial charge in [-0.1, -0.05) is 18.1 Å². The molecule has 0 aliphatic heterocycles. The van der Waals surface area contributed by atoms with Crippen LogP contribution in [0.1, 0.15) is 5.56 Å². The monoisotopic (exact) mass is 238 g/mol. The van der Waals surface area contributed by atoms with Crippen molar-refractivity contribution in [3.05, 3.63) is 59.7 Å². The van der Waals surface area contributed by atoms with Crippen molar-refractivity contribution in [3.63, 3.8) is 0 Å². The van der Waals surface area contributed by atoms with Gasteiger partial charge in [0.25, 0.3) is 0 Å². The van der Waals surface area contributed by atoms with Gasteiger partial charge in [0.1, 0.15) is 11.6 Å². The van der Waals surface area contributed by atoms with Crippen molar-refractivity contribution in [2.24, 2.45) is 0 Å². The van der Waals surface area contributed by atoms with E-state index < -0.39 is 0 Å². The number of rotatable bonds is 0. The summed E-state index contributed by atoms with van der Waals surface area (Å²) in [7, 11) is 0. The molecule has 0 fully saturated rings. The molecule has 0 aliphatic rings. The van der Waals surface area contributed by atoms with Crippen LogP contribution in [0.15, 0.2) is 42.5 Å². The standard InChI is InChI=1S/C16H8F2/c1-2-10-7-11-3-4-12(17)8-15(11)16-9-13(18)5-6-14(10)16/h1,3-9H. The fraction of sp³-hybridized carbons (Fsp3) is 0. The number of hydrogen-bond acceptors (Lipinski definition) is 0. The van der Waals surface area contributed by atoms with Crippen molar-refractivity contribution in [2.75, 3.05) is 0 Å². The molecule has 0 atom stereocenters. The smallest absolute Gasteiger partial charge is 0.123 e. The van der Waals surface area contributed by atoms with Gasteiger partial charge in [-0.05, 0) is 51.9 Å². The Bertz CT molecular complexity index is 811. The first-order valence-electron chi connectivity index (χ1n) is 5.47. The molecule has 0 heterocycles. The molecule has 3 aromatic rings. The highest BCUT2D eigenvalue weighted by molar-refractivity contribution is 6.09. The van der Waals surface area contributed by atoms with E-state index in [2.05, 4.69) is 5.92 Å². The average Bonchev–Trinajstić information content (AvgIpc) is 2.38. The van der Waals surface area contributed by atoms with Crippen LogP contribution >= 0.6 is 0 Å². The van der Waals surface area contributed by atoms with E-state index in [9.17, 15) is 8.78 Å². The first-order chi connectivity index (χ1) is 8.69. The Kier molecular flexibility index (Phi) is 2.28. The minimum absolute atomic E-state index is 0.346. The SMILES string of the molecule is C#Cc1cc2ccc(F)cc2c2cc(F)ccc12. The molecule has 0 aromatic heterocycles. The van der Waals surface area contributed by atoms with Crippen LogP contribution in [0.25, 0.3) is 21.5 Å². The topological polar surface area (TPSA) is 0 Å². The Balaban J connectivity index is 2.61. The van der Waals surface area contributed by atoms with Crippen LogP contribution in [0, 0.1) is 24.0 Å². The maximum atomic E-state index is 13.4. The zero-order chi connectivity index (χ0) is 12.7. The Hall–Kier alpha value is -2.40. The summed E-state index contributed by atoms with van der Waals surface area (Å²) < 4.78 is 26.7. The van der Waals surface area contributed by atoms with Gasteiger partial charge >= 0.3 is 0 Å². The summed E-state index contributed by atoms with van der Waals surface area (Å²) >= 11 is 0. The number of hydrogen-bond donors (Lipinski definition) is 0. The molecule has 0 saturated carbocycles. The molecule has 0 N–H and O–H groups in total. The minimum atomic E-state index is -0.359. The van der Waals surface area contributed by atoms with Crippen LogP contribution in [0.3, 0.4) is 0 Å². The number of fused-ring (bicyclic) bond motifs is 3. The summed E-state index contributed by atoms with van der Waals surface area (Å²) in [5.41, 5.74) is 0.684. The molecule has 0 amide bonds. The Labute approximate surface area is 103 Å². The summed E-state index contributed by atoms with van der Waals surface area (Å²) in [5, 5.41) is 2.88.